The van der Waals surface area contributed by atoms with E-state index in [-0.39, 0.29) is 11.2 Å². The molecule has 1 nitrogen and oxygen atoms in total. The molecule has 0 aliphatic heterocycles. The number of hydrogen-bond donors (Lipinski definition) is 0. The highest BCUT2D eigenvalue weighted by molar-refractivity contribution is 9.13. The van der Waals surface area contributed by atoms with E-state index < -0.39 is 0 Å². The number of hydrogen-bond acceptors (Lipinski definition) is 2. The molecule has 5 heteroatoms. The minimum Gasteiger partial charge on any atom is -0.289 e. The van der Waals surface area contributed by atoms with E-state index in [4.69, 9.17) is 0 Å². The Balaban J connectivity index is 1.93. The Kier molecular flexibility index (Phi) is 3.68. The Morgan fingerprint density at radius 1 is 0.692 bits per heavy atom. The summed E-state index contributed by atoms with van der Waals surface area (Å²) in [5.74, 6) is -0.386. The fourth-order valence-corrected chi connectivity index (χ4v) is 5.12. The Labute approximate surface area is 168 Å². The lowest BCUT2D eigenvalue weighted by atomic mass is 10.0. The third kappa shape index (κ3) is 2.49. The van der Waals surface area contributed by atoms with Crippen LogP contribution >= 0.6 is 43.2 Å². The maximum atomic E-state index is 13.6. The van der Waals surface area contributed by atoms with E-state index in [0.29, 0.717) is 10.8 Å². The summed E-state index contributed by atoms with van der Waals surface area (Å²) in [6.45, 7) is 0. The summed E-state index contributed by atoms with van der Waals surface area (Å²) in [5.41, 5.74) is -0.118. The zero-order valence-electron chi connectivity index (χ0n) is 13.1. The maximum absolute atomic E-state index is 13.6. The van der Waals surface area contributed by atoms with E-state index in [0.717, 1.165) is 39.9 Å². The second-order valence-corrected chi connectivity index (χ2v) is 9.03. The van der Waals surface area contributed by atoms with E-state index in [1.54, 1.807) is 6.07 Å². The first-order valence-electron chi connectivity index (χ1n) is 7.88. The van der Waals surface area contributed by atoms with Gasteiger partial charge in [-0.3, -0.25) is 4.79 Å². The number of rotatable bonds is 0. The van der Waals surface area contributed by atoms with Crippen molar-refractivity contribution in [2.24, 2.45) is 0 Å². The predicted molar refractivity (Wildman–Crippen MR) is 116 cm³/mol. The van der Waals surface area contributed by atoms with Crippen LogP contribution in [-0.4, -0.2) is 0 Å². The lowest BCUT2D eigenvalue weighted by molar-refractivity contribution is 0.630. The molecule has 0 atom stereocenters. The van der Waals surface area contributed by atoms with Crippen LogP contribution in [0.4, 0.5) is 4.39 Å². The van der Waals surface area contributed by atoms with Gasteiger partial charge >= 0.3 is 0 Å². The summed E-state index contributed by atoms with van der Waals surface area (Å²) in [6.07, 6.45) is 0. The van der Waals surface area contributed by atoms with Crippen molar-refractivity contribution in [3.8, 4) is 0 Å². The molecular weight excluding hydrogens is 479 g/mol. The van der Waals surface area contributed by atoms with E-state index in [1.165, 1.54) is 23.5 Å². The molecule has 0 aliphatic carbocycles. The van der Waals surface area contributed by atoms with E-state index in [1.807, 2.05) is 6.07 Å². The van der Waals surface area contributed by atoms with Crippen LogP contribution in [0.5, 0.6) is 0 Å². The van der Waals surface area contributed by atoms with Gasteiger partial charge in [-0.05, 0) is 108 Å². The Hall–Kier alpha value is -1.82. The second kappa shape index (κ2) is 5.84. The summed E-state index contributed by atoms with van der Waals surface area (Å²) >= 11 is 8.60. The van der Waals surface area contributed by atoms with Crippen LogP contribution in [0.1, 0.15) is 0 Å². The van der Waals surface area contributed by atoms with Crippen LogP contribution in [0.2, 0.25) is 0 Å². The molecule has 0 unspecified atom stereocenters. The molecule has 126 valence electrons. The molecule has 5 aromatic rings. The van der Waals surface area contributed by atoms with Gasteiger partial charge in [-0.2, -0.15) is 0 Å². The van der Waals surface area contributed by atoms with Gasteiger partial charge in [0.15, 0.2) is 5.43 Å². The highest BCUT2D eigenvalue weighted by Crippen LogP contribution is 2.34. The Morgan fingerprint density at radius 2 is 1.27 bits per heavy atom. The van der Waals surface area contributed by atoms with Crippen LogP contribution in [-0.2, 0) is 0 Å². The largest absolute Gasteiger partial charge is 0.289 e. The second-order valence-electron chi connectivity index (χ2n) is 6.23. The summed E-state index contributed by atoms with van der Waals surface area (Å²) in [5, 5.41) is 5.37. The van der Waals surface area contributed by atoms with Gasteiger partial charge in [-0.1, -0.05) is 0 Å². The highest BCUT2D eigenvalue weighted by Gasteiger charge is 2.10. The quantitative estimate of drug-likeness (QED) is 0.208. The van der Waals surface area contributed by atoms with Crippen molar-refractivity contribution in [2.45, 2.75) is 0 Å². The van der Waals surface area contributed by atoms with Gasteiger partial charge in [0.2, 0.25) is 0 Å². The standard InChI is InChI=1S/C21H9Br2FOS/c22-17-6-11-3-10-5-15-20(8-13(10)4-12(11)7-18(17)23)26-19-2-1-14(24)9-16(19)21(15)25/h1-9H. The fraction of sp³-hybridized carbons (Fsp3) is 0. The lowest BCUT2D eigenvalue weighted by Gasteiger charge is -2.07. The molecule has 4 aromatic carbocycles. The van der Waals surface area contributed by atoms with Crippen molar-refractivity contribution >= 4 is 84.9 Å². The number of benzene rings is 4. The molecule has 1 aromatic heterocycles. The van der Waals surface area contributed by atoms with Gasteiger partial charge in [0.1, 0.15) is 5.82 Å². The zero-order valence-corrected chi connectivity index (χ0v) is 17.1. The van der Waals surface area contributed by atoms with Crippen LogP contribution in [0.15, 0.2) is 68.3 Å². The van der Waals surface area contributed by atoms with Crippen molar-refractivity contribution < 1.29 is 4.39 Å². The zero-order chi connectivity index (χ0) is 18.0. The number of halogens is 3. The summed E-state index contributed by atoms with van der Waals surface area (Å²) in [4.78, 5) is 12.9. The van der Waals surface area contributed by atoms with Gasteiger partial charge < -0.3 is 0 Å². The molecule has 0 spiro atoms. The molecule has 0 bridgehead atoms. The molecule has 0 saturated heterocycles. The van der Waals surface area contributed by atoms with Crippen molar-refractivity contribution in [1.82, 2.24) is 0 Å². The molecule has 0 aliphatic rings. The summed E-state index contributed by atoms with van der Waals surface area (Å²) in [7, 11) is 0. The van der Waals surface area contributed by atoms with E-state index >= 15 is 0 Å². The first kappa shape index (κ1) is 16.4. The Bertz CT molecular complexity index is 1440. The maximum Gasteiger partial charge on any atom is 0.195 e. The number of fused-ring (bicyclic) bond motifs is 4. The van der Waals surface area contributed by atoms with Crippen molar-refractivity contribution in [3.63, 3.8) is 0 Å². The fourth-order valence-electron chi connectivity index (χ4n) is 3.32. The molecule has 0 fully saturated rings. The molecule has 0 radical (unpaired) electrons. The molecule has 26 heavy (non-hydrogen) atoms. The van der Waals surface area contributed by atoms with Crippen LogP contribution in [0.3, 0.4) is 0 Å². The first-order chi connectivity index (χ1) is 12.5. The third-order valence-electron chi connectivity index (χ3n) is 4.58. The van der Waals surface area contributed by atoms with E-state index in [2.05, 4.69) is 62.2 Å². The van der Waals surface area contributed by atoms with E-state index in [9.17, 15) is 9.18 Å². The average Bonchev–Trinajstić information content (AvgIpc) is 2.61. The average molecular weight is 488 g/mol. The minimum atomic E-state index is -0.386. The summed E-state index contributed by atoms with van der Waals surface area (Å²) in [6, 6.07) is 16.7. The lowest BCUT2D eigenvalue weighted by Crippen LogP contribution is -2.01. The molecular formula is C21H9Br2FOS. The normalized spacial score (nSPS) is 11.8. The SMILES string of the molecule is O=c1c2cc(F)ccc2sc2cc3cc4cc(Br)c(Br)cc4cc3cc12. The van der Waals surface area contributed by atoms with Gasteiger partial charge in [-0.15, -0.1) is 11.3 Å². The monoisotopic (exact) mass is 486 g/mol. The first-order valence-corrected chi connectivity index (χ1v) is 10.3. The highest BCUT2D eigenvalue weighted by atomic mass is 79.9. The van der Waals surface area contributed by atoms with Gasteiger partial charge in [0.05, 0.1) is 0 Å². The van der Waals surface area contributed by atoms with Gasteiger partial charge in [-0.25, -0.2) is 4.39 Å². The van der Waals surface area contributed by atoms with Crippen molar-refractivity contribution in [3.05, 3.63) is 79.6 Å². The molecule has 1 heterocycles. The van der Waals surface area contributed by atoms with Crippen molar-refractivity contribution in [2.75, 3.05) is 0 Å². The van der Waals surface area contributed by atoms with Crippen LogP contribution < -0.4 is 5.43 Å². The smallest absolute Gasteiger partial charge is 0.195 e. The molecule has 0 amide bonds. The minimum absolute atomic E-state index is 0.118. The molecule has 5 rings (SSSR count). The van der Waals surface area contributed by atoms with Crippen molar-refractivity contribution in [1.29, 1.82) is 0 Å². The predicted octanol–water partition coefficient (Wildman–Crippen LogP) is 7.39. The molecule has 0 N–H and O–H groups in total. The van der Waals surface area contributed by atoms with Gasteiger partial charge in [0.25, 0.3) is 0 Å². The van der Waals surface area contributed by atoms with Crippen LogP contribution in [0.25, 0.3) is 41.7 Å². The van der Waals surface area contributed by atoms with Crippen LogP contribution in [0, 0.1) is 5.82 Å². The molecule has 0 saturated carbocycles. The Morgan fingerprint density at radius 3 is 1.96 bits per heavy atom. The van der Waals surface area contributed by atoms with Gasteiger partial charge in [0, 0.05) is 29.1 Å². The topological polar surface area (TPSA) is 17.1 Å². The third-order valence-corrected chi connectivity index (χ3v) is 7.56. The summed E-state index contributed by atoms with van der Waals surface area (Å²) < 4.78 is 17.3.